The maximum Gasteiger partial charge on any atom is 0.148 e. The van der Waals surface area contributed by atoms with Gasteiger partial charge in [0, 0.05) is 12.1 Å². The molecule has 0 radical (unpaired) electrons. The minimum atomic E-state index is 0.291. The summed E-state index contributed by atoms with van der Waals surface area (Å²) in [6, 6.07) is 4.20. The van der Waals surface area contributed by atoms with E-state index in [1.165, 1.54) is 5.56 Å². The molecule has 0 saturated heterocycles. The van der Waals surface area contributed by atoms with E-state index >= 15 is 0 Å². The van der Waals surface area contributed by atoms with Crippen molar-refractivity contribution in [3.63, 3.8) is 0 Å². The highest BCUT2D eigenvalue weighted by atomic mass is 16.5. The summed E-state index contributed by atoms with van der Waals surface area (Å²) in [4.78, 5) is 0. The summed E-state index contributed by atoms with van der Waals surface area (Å²) in [5, 5.41) is 0. The van der Waals surface area contributed by atoms with Gasteiger partial charge < -0.3 is 10.5 Å². The molecule has 0 amide bonds. The van der Waals surface area contributed by atoms with Crippen molar-refractivity contribution in [1.82, 2.24) is 0 Å². The molecule has 1 aromatic rings. The highest BCUT2D eigenvalue weighted by Crippen LogP contribution is 2.25. The molecule has 0 aliphatic carbocycles. The Balaban J connectivity index is 0.00000121. The van der Waals surface area contributed by atoms with Crippen molar-refractivity contribution < 1.29 is 4.74 Å². The standard InChI is InChI=1S/C13H17NO.C2H6/c1-4-6-15-13-10(3)7-11(5-2)8-12(13)9-14;1-2/h1,7-8H,5-6,9,14H2,2-3H3;1-2H3. The molecule has 0 unspecified atom stereocenters. The van der Waals surface area contributed by atoms with Crippen LogP contribution < -0.4 is 10.5 Å². The van der Waals surface area contributed by atoms with Crippen LogP contribution in [0, 0.1) is 19.3 Å². The SMILES string of the molecule is C#CCOc1c(C)cc(CC)cc1CN.CC. The van der Waals surface area contributed by atoms with Gasteiger partial charge in [-0.25, -0.2) is 0 Å². The van der Waals surface area contributed by atoms with Crippen molar-refractivity contribution in [1.29, 1.82) is 0 Å². The predicted molar refractivity (Wildman–Crippen MR) is 74.1 cm³/mol. The zero-order valence-electron chi connectivity index (χ0n) is 11.3. The lowest BCUT2D eigenvalue weighted by molar-refractivity contribution is 0.363. The van der Waals surface area contributed by atoms with Crippen LogP contribution in [0.5, 0.6) is 5.75 Å². The fourth-order valence-electron chi connectivity index (χ4n) is 1.60. The van der Waals surface area contributed by atoms with Crippen LogP contribution in [0.2, 0.25) is 0 Å². The second kappa shape index (κ2) is 8.66. The van der Waals surface area contributed by atoms with Gasteiger partial charge in [0.25, 0.3) is 0 Å². The Morgan fingerprint density at radius 3 is 2.47 bits per heavy atom. The number of aryl methyl sites for hydroxylation is 2. The van der Waals surface area contributed by atoms with Crippen LogP contribution in [0.3, 0.4) is 0 Å². The van der Waals surface area contributed by atoms with Gasteiger partial charge in [-0.2, -0.15) is 0 Å². The number of rotatable bonds is 4. The predicted octanol–water partition coefficient (Wildman–Crippen LogP) is 3.05. The summed E-state index contributed by atoms with van der Waals surface area (Å²) in [7, 11) is 0. The summed E-state index contributed by atoms with van der Waals surface area (Å²) >= 11 is 0. The second-order valence-electron chi connectivity index (χ2n) is 3.45. The van der Waals surface area contributed by atoms with E-state index in [4.69, 9.17) is 16.9 Å². The minimum absolute atomic E-state index is 0.291. The molecular formula is C15H23NO. The van der Waals surface area contributed by atoms with Crippen molar-refractivity contribution in [3.05, 3.63) is 28.8 Å². The zero-order valence-corrected chi connectivity index (χ0v) is 11.3. The lowest BCUT2D eigenvalue weighted by Crippen LogP contribution is -2.05. The molecule has 0 aliphatic rings. The molecule has 2 nitrogen and oxygen atoms in total. The summed E-state index contributed by atoms with van der Waals surface area (Å²) in [6.07, 6.45) is 6.17. The summed E-state index contributed by atoms with van der Waals surface area (Å²) in [6.45, 7) is 8.91. The fourth-order valence-corrected chi connectivity index (χ4v) is 1.60. The third kappa shape index (κ3) is 4.50. The van der Waals surface area contributed by atoms with Crippen LogP contribution in [0.4, 0.5) is 0 Å². The molecule has 0 aromatic heterocycles. The number of hydrogen-bond acceptors (Lipinski definition) is 2. The normalized spacial score (nSPS) is 8.94. The highest BCUT2D eigenvalue weighted by Gasteiger charge is 2.07. The maximum absolute atomic E-state index is 5.68. The van der Waals surface area contributed by atoms with Gasteiger partial charge in [0.2, 0.25) is 0 Å². The van der Waals surface area contributed by atoms with E-state index in [1.807, 2.05) is 20.8 Å². The van der Waals surface area contributed by atoms with Gasteiger partial charge >= 0.3 is 0 Å². The van der Waals surface area contributed by atoms with E-state index in [0.29, 0.717) is 13.2 Å². The van der Waals surface area contributed by atoms with E-state index < -0.39 is 0 Å². The van der Waals surface area contributed by atoms with E-state index in [2.05, 4.69) is 25.0 Å². The van der Waals surface area contributed by atoms with Gasteiger partial charge in [-0.1, -0.05) is 38.8 Å². The smallest absolute Gasteiger partial charge is 0.148 e. The Hall–Kier alpha value is -1.46. The quantitative estimate of drug-likeness (QED) is 0.811. The largest absolute Gasteiger partial charge is 0.480 e. The highest BCUT2D eigenvalue weighted by molar-refractivity contribution is 5.44. The molecule has 0 aliphatic heterocycles. The Morgan fingerprint density at radius 1 is 1.35 bits per heavy atom. The van der Waals surface area contributed by atoms with Crippen molar-refractivity contribution in [3.8, 4) is 18.1 Å². The first-order valence-electron chi connectivity index (χ1n) is 6.11. The number of nitrogens with two attached hydrogens (primary N) is 1. The van der Waals surface area contributed by atoms with E-state index in [9.17, 15) is 0 Å². The van der Waals surface area contributed by atoms with Gasteiger partial charge in [0.1, 0.15) is 12.4 Å². The molecule has 0 bridgehead atoms. The topological polar surface area (TPSA) is 35.2 Å². The Morgan fingerprint density at radius 2 is 2.00 bits per heavy atom. The molecule has 0 spiro atoms. The lowest BCUT2D eigenvalue weighted by atomic mass is 10.0. The molecule has 1 rings (SSSR count). The molecule has 2 N–H and O–H groups in total. The monoisotopic (exact) mass is 233 g/mol. The number of ether oxygens (including phenoxy) is 1. The van der Waals surface area contributed by atoms with Crippen LogP contribution in [-0.2, 0) is 13.0 Å². The first-order valence-corrected chi connectivity index (χ1v) is 6.11. The van der Waals surface area contributed by atoms with Crippen LogP contribution >= 0.6 is 0 Å². The first-order chi connectivity index (χ1) is 8.22. The molecule has 0 saturated carbocycles. The molecular weight excluding hydrogens is 210 g/mol. The van der Waals surface area contributed by atoms with Gasteiger partial charge in [-0.05, 0) is 24.5 Å². The Bertz CT molecular complexity index is 377. The van der Waals surface area contributed by atoms with Crippen LogP contribution in [0.1, 0.15) is 37.5 Å². The third-order valence-electron chi connectivity index (χ3n) is 2.34. The summed E-state index contributed by atoms with van der Waals surface area (Å²) in [5.74, 6) is 3.30. The third-order valence-corrected chi connectivity index (χ3v) is 2.34. The van der Waals surface area contributed by atoms with E-state index in [0.717, 1.165) is 23.3 Å². The van der Waals surface area contributed by atoms with Crippen LogP contribution in [0.15, 0.2) is 12.1 Å². The molecule has 0 atom stereocenters. The van der Waals surface area contributed by atoms with Crippen LogP contribution in [-0.4, -0.2) is 6.61 Å². The number of benzene rings is 1. The summed E-state index contributed by atoms with van der Waals surface area (Å²) in [5.41, 5.74) is 9.09. The zero-order chi connectivity index (χ0) is 13.3. The molecule has 2 heteroatoms. The van der Waals surface area contributed by atoms with Crippen molar-refractivity contribution >= 4 is 0 Å². The van der Waals surface area contributed by atoms with Gasteiger partial charge in [-0.3, -0.25) is 0 Å². The summed E-state index contributed by atoms with van der Waals surface area (Å²) < 4.78 is 5.49. The van der Waals surface area contributed by atoms with E-state index in [-0.39, 0.29) is 0 Å². The molecule has 17 heavy (non-hydrogen) atoms. The average molecular weight is 233 g/mol. The lowest BCUT2D eigenvalue weighted by Gasteiger charge is -2.13. The maximum atomic E-state index is 5.68. The van der Waals surface area contributed by atoms with Crippen LogP contribution in [0.25, 0.3) is 0 Å². The van der Waals surface area contributed by atoms with Crippen molar-refractivity contribution in [2.75, 3.05) is 6.61 Å². The Kier molecular flexibility index (Phi) is 7.92. The fraction of sp³-hybridized carbons (Fsp3) is 0.467. The van der Waals surface area contributed by atoms with Gasteiger partial charge in [-0.15, -0.1) is 6.42 Å². The van der Waals surface area contributed by atoms with Gasteiger partial charge in [0.15, 0.2) is 0 Å². The molecule has 0 fully saturated rings. The average Bonchev–Trinajstić information content (AvgIpc) is 2.38. The van der Waals surface area contributed by atoms with Crippen molar-refractivity contribution in [2.45, 2.75) is 40.7 Å². The molecule has 1 aromatic carbocycles. The first kappa shape index (κ1) is 15.5. The van der Waals surface area contributed by atoms with E-state index in [1.54, 1.807) is 0 Å². The number of hydrogen-bond donors (Lipinski definition) is 1. The molecule has 0 heterocycles. The minimum Gasteiger partial charge on any atom is -0.480 e. The second-order valence-corrected chi connectivity index (χ2v) is 3.45. The number of terminal acetylenes is 1. The van der Waals surface area contributed by atoms with Gasteiger partial charge in [0.05, 0.1) is 0 Å². The Labute approximate surface area is 105 Å². The molecule has 94 valence electrons. The van der Waals surface area contributed by atoms with Crippen molar-refractivity contribution in [2.24, 2.45) is 5.73 Å².